The second-order valence-electron chi connectivity index (χ2n) is 6.95. The van der Waals surface area contributed by atoms with Crippen LogP contribution in [0.15, 0.2) is 33.6 Å². The van der Waals surface area contributed by atoms with Crippen LogP contribution in [-0.2, 0) is 23.0 Å². The molecule has 2 aromatic rings. The van der Waals surface area contributed by atoms with Gasteiger partial charge in [0, 0.05) is 19.6 Å². The average molecular weight is 542 g/mol. The van der Waals surface area contributed by atoms with E-state index < -0.39 is 26.6 Å². The number of halogens is 4. The van der Waals surface area contributed by atoms with Gasteiger partial charge in [0.2, 0.25) is 10.0 Å². The topological polar surface area (TPSA) is 67.9 Å². The van der Waals surface area contributed by atoms with Gasteiger partial charge in [0.05, 0.1) is 18.7 Å². The summed E-state index contributed by atoms with van der Waals surface area (Å²) in [4.78, 5) is 1.51. The number of rotatable bonds is 8. The van der Waals surface area contributed by atoms with E-state index in [1.54, 1.807) is 14.2 Å². The van der Waals surface area contributed by atoms with E-state index in [4.69, 9.17) is 9.47 Å². The monoisotopic (exact) mass is 540 g/mol. The first-order valence-corrected chi connectivity index (χ1v) is 11.6. The lowest BCUT2D eigenvalue weighted by Gasteiger charge is -2.29. The lowest BCUT2D eigenvalue weighted by Crippen LogP contribution is -2.34. The molecule has 0 aromatic heterocycles. The molecule has 0 saturated heterocycles. The first-order chi connectivity index (χ1) is 14.2. The van der Waals surface area contributed by atoms with Gasteiger partial charge in [-0.05, 0) is 70.7 Å². The summed E-state index contributed by atoms with van der Waals surface area (Å²) in [6, 6.07) is 5.43. The van der Waals surface area contributed by atoms with E-state index in [9.17, 15) is 17.2 Å². The van der Waals surface area contributed by atoms with Crippen LogP contribution < -0.4 is 14.2 Å². The Morgan fingerprint density at radius 3 is 2.35 bits per heavy atom. The van der Waals surface area contributed by atoms with Gasteiger partial charge in [-0.3, -0.25) is 4.90 Å². The second kappa shape index (κ2) is 10.9. The molecule has 0 bridgehead atoms. The van der Waals surface area contributed by atoms with Crippen LogP contribution in [0.2, 0.25) is 0 Å². The Hall–Kier alpha value is -1.46. The van der Waals surface area contributed by atoms with Crippen molar-refractivity contribution in [2.75, 3.05) is 33.9 Å². The van der Waals surface area contributed by atoms with Gasteiger partial charge in [0.25, 0.3) is 0 Å². The van der Waals surface area contributed by atoms with Crippen molar-refractivity contribution in [3.05, 3.63) is 51.5 Å². The SMILES string of the molecule is COc1cc2c(cc1OC)CN(CCCNS(=O)(=O)c1cc(F)c(Br)cc1F)CC2.Cl. The number of hydrogen-bond donors (Lipinski definition) is 1. The first kappa shape index (κ1) is 25.8. The highest BCUT2D eigenvalue weighted by molar-refractivity contribution is 9.10. The second-order valence-corrected chi connectivity index (χ2v) is 9.54. The summed E-state index contributed by atoms with van der Waals surface area (Å²) in [7, 11) is -0.933. The molecule has 0 fully saturated rings. The van der Waals surface area contributed by atoms with Crippen molar-refractivity contribution in [2.24, 2.45) is 0 Å². The molecule has 6 nitrogen and oxygen atoms in total. The molecule has 1 aliphatic heterocycles. The standard InChI is InChI=1S/C20H23BrF2N2O4S.ClH/c1-28-18-8-13-4-7-25(12-14(13)9-19(18)29-2)6-3-5-24-30(26,27)20-11-16(22)15(21)10-17(20)23;/h8-11,24H,3-7,12H2,1-2H3;1H. The van der Waals surface area contributed by atoms with Crippen LogP contribution in [0.4, 0.5) is 8.78 Å². The molecule has 0 radical (unpaired) electrons. The van der Waals surface area contributed by atoms with Crippen LogP contribution in [0.1, 0.15) is 17.5 Å². The Kier molecular flexibility index (Phi) is 9.08. The fourth-order valence-corrected chi connectivity index (χ4v) is 4.89. The predicted molar refractivity (Wildman–Crippen MR) is 120 cm³/mol. The van der Waals surface area contributed by atoms with Crippen LogP contribution in [0.5, 0.6) is 11.5 Å². The number of methoxy groups -OCH3 is 2. The highest BCUT2D eigenvalue weighted by Crippen LogP contribution is 2.33. The Balaban J connectivity index is 0.00000341. The number of benzene rings is 2. The lowest BCUT2D eigenvalue weighted by molar-refractivity contribution is 0.250. The van der Waals surface area contributed by atoms with E-state index in [1.165, 1.54) is 5.56 Å². The molecular formula is C20H24BrClF2N2O4S. The number of nitrogens with one attached hydrogen (secondary N) is 1. The number of sulfonamides is 1. The summed E-state index contributed by atoms with van der Waals surface area (Å²) in [5.74, 6) is -0.464. The van der Waals surface area contributed by atoms with Crippen LogP contribution in [0, 0.1) is 11.6 Å². The largest absolute Gasteiger partial charge is 0.493 e. The summed E-state index contributed by atoms with van der Waals surface area (Å²) in [5.41, 5.74) is 2.35. The van der Waals surface area contributed by atoms with Gasteiger partial charge in [-0.2, -0.15) is 0 Å². The minimum absolute atomic E-state index is 0. The van der Waals surface area contributed by atoms with E-state index in [0.29, 0.717) is 30.5 Å². The molecule has 1 N–H and O–H groups in total. The van der Waals surface area contributed by atoms with Crippen molar-refractivity contribution in [1.29, 1.82) is 0 Å². The minimum Gasteiger partial charge on any atom is -0.493 e. The van der Waals surface area contributed by atoms with Crippen molar-refractivity contribution in [3.63, 3.8) is 0 Å². The highest BCUT2D eigenvalue weighted by atomic mass is 79.9. The van der Waals surface area contributed by atoms with Crippen LogP contribution in [-0.4, -0.2) is 47.2 Å². The molecule has 172 valence electrons. The predicted octanol–water partition coefficient (Wildman–Crippen LogP) is 3.89. The zero-order chi connectivity index (χ0) is 21.9. The fourth-order valence-electron chi connectivity index (χ4n) is 3.43. The van der Waals surface area contributed by atoms with Gasteiger partial charge in [0.1, 0.15) is 16.5 Å². The molecule has 0 spiro atoms. The normalized spacial score (nSPS) is 14.0. The minimum atomic E-state index is -4.13. The molecule has 0 unspecified atom stereocenters. The quantitative estimate of drug-likeness (QED) is 0.406. The van der Waals surface area contributed by atoms with Crippen LogP contribution in [0.25, 0.3) is 0 Å². The summed E-state index contributed by atoms with van der Waals surface area (Å²) < 4.78 is 65.1. The van der Waals surface area contributed by atoms with Gasteiger partial charge in [-0.25, -0.2) is 21.9 Å². The maximum Gasteiger partial charge on any atom is 0.243 e. The average Bonchev–Trinajstić information content (AvgIpc) is 2.72. The molecule has 0 amide bonds. The number of hydrogen-bond acceptors (Lipinski definition) is 5. The van der Waals surface area contributed by atoms with Gasteiger partial charge >= 0.3 is 0 Å². The van der Waals surface area contributed by atoms with Crippen molar-refractivity contribution < 1.29 is 26.7 Å². The van der Waals surface area contributed by atoms with Crippen molar-refractivity contribution in [1.82, 2.24) is 9.62 Å². The molecule has 1 aliphatic rings. The van der Waals surface area contributed by atoms with E-state index in [2.05, 4.69) is 25.6 Å². The van der Waals surface area contributed by atoms with Crippen molar-refractivity contribution in [2.45, 2.75) is 24.3 Å². The summed E-state index contributed by atoms with van der Waals surface area (Å²) in [6.07, 6.45) is 1.38. The first-order valence-electron chi connectivity index (χ1n) is 9.35. The van der Waals surface area contributed by atoms with Gasteiger partial charge in [0.15, 0.2) is 11.5 Å². The van der Waals surface area contributed by atoms with E-state index in [1.807, 2.05) is 12.1 Å². The Morgan fingerprint density at radius 1 is 1.06 bits per heavy atom. The lowest BCUT2D eigenvalue weighted by atomic mass is 9.98. The van der Waals surface area contributed by atoms with E-state index in [-0.39, 0.29) is 23.4 Å². The maximum atomic E-state index is 13.9. The highest BCUT2D eigenvalue weighted by Gasteiger charge is 2.22. The van der Waals surface area contributed by atoms with E-state index >= 15 is 0 Å². The zero-order valence-corrected chi connectivity index (χ0v) is 20.3. The Labute approximate surface area is 195 Å². The molecule has 31 heavy (non-hydrogen) atoms. The smallest absolute Gasteiger partial charge is 0.243 e. The van der Waals surface area contributed by atoms with E-state index in [0.717, 1.165) is 31.1 Å². The van der Waals surface area contributed by atoms with Gasteiger partial charge in [-0.15, -0.1) is 12.4 Å². The zero-order valence-electron chi connectivity index (χ0n) is 17.1. The van der Waals surface area contributed by atoms with Gasteiger partial charge in [-0.1, -0.05) is 0 Å². The molecule has 2 aromatic carbocycles. The molecule has 3 rings (SSSR count). The summed E-state index contributed by atoms with van der Waals surface area (Å²) >= 11 is 2.83. The summed E-state index contributed by atoms with van der Waals surface area (Å²) in [5, 5.41) is 0. The molecule has 0 aliphatic carbocycles. The maximum absolute atomic E-state index is 13.9. The van der Waals surface area contributed by atoms with Crippen LogP contribution >= 0.6 is 28.3 Å². The Bertz CT molecular complexity index is 1040. The number of nitrogens with zero attached hydrogens (tertiary/aromatic N) is 1. The fraction of sp³-hybridized carbons (Fsp3) is 0.400. The molecular weight excluding hydrogens is 518 g/mol. The molecule has 1 heterocycles. The third-order valence-electron chi connectivity index (χ3n) is 5.00. The summed E-state index contributed by atoms with van der Waals surface area (Å²) in [6.45, 7) is 2.33. The third kappa shape index (κ3) is 6.07. The Morgan fingerprint density at radius 2 is 1.71 bits per heavy atom. The molecule has 11 heteroatoms. The number of fused-ring (bicyclic) bond motifs is 1. The third-order valence-corrected chi connectivity index (χ3v) is 7.09. The van der Waals surface area contributed by atoms with Crippen LogP contribution in [0.3, 0.4) is 0 Å². The van der Waals surface area contributed by atoms with Crippen molar-refractivity contribution >= 4 is 38.4 Å². The molecule has 0 atom stereocenters. The number of ether oxygens (including phenoxy) is 2. The molecule has 0 saturated carbocycles. The van der Waals surface area contributed by atoms with Gasteiger partial charge < -0.3 is 9.47 Å². The van der Waals surface area contributed by atoms with Crippen molar-refractivity contribution in [3.8, 4) is 11.5 Å².